The van der Waals surface area contributed by atoms with Gasteiger partial charge in [-0.2, -0.15) is 5.10 Å². The Balaban J connectivity index is 1.63. The summed E-state index contributed by atoms with van der Waals surface area (Å²) in [5, 5.41) is 13.5. The van der Waals surface area contributed by atoms with Gasteiger partial charge < -0.3 is 4.42 Å². The van der Waals surface area contributed by atoms with E-state index in [2.05, 4.69) is 36.7 Å². The van der Waals surface area contributed by atoms with Gasteiger partial charge in [0.05, 0.1) is 10.7 Å². The highest BCUT2D eigenvalue weighted by molar-refractivity contribution is 9.10. The number of thioether (sulfide) groups is 1. The molecule has 0 saturated carbocycles. The molecule has 0 spiro atoms. The van der Waals surface area contributed by atoms with Crippen LogP contribution in [0.5, 0.6) is 0 Å². The summed E-state index contributed by atoms with van der Waals surface area (Å²) in [5.41, 5.74) is 4.53. The van der Waals surface area contributed by atoms with Crippen LogP contribution in [0.3, 0.4) is 0 Å². The van der Waals surface area contributed by atoms with Gasteiger partial charge in [-0.1, -0.05) is 75.5 Å². The van der Waals surface area contributed by atoms with Crippen LogP contribution in [0, 0.1) is 0 Å². The Labute approximate surface area is 206 Å². The first kappa shape index (κ1) is 22.5. The Morgan fingerprint density at radius 2 is 1.81 bits per heavy atom. The number of benzene rings is 3. The highest BCUT2D eigenvalue weighted by Gasteiger charge is 2.20. The number of nitrogens with zero attached hydrogens (tertiary/aromatic N) is 3. The minimum Gasteiger partial charge on any atom is -0.411 e. The number of carbonyl (C=O) groups excluding carboxylic acids is 1. The van der Waals surface area contributed by atoms with Crippen molar-refractivity contribution in [3.8, 4) is 11.5 Å². The highest BCUT2D eigenvalue weighted by atomic mass is 79.9. The van der Waals surface area contributed by atoms with E-state index in [1.807, 2.05) is 30.3 Å². The SMILES string of the molecule is O=C(C(=NNc1ccc(Cl)cc1Cl)Sc1nnc(-c2cccc(Br)c2)o1)c1ccccc1. The molecule has 0 unspecified atom stereocenters. The van der Waals surface area contributed by atoms with Crippen molar-refractivity contribution in [1.82, 2.24) is 10.2 Å². The number of nitrogens with one attached hydrogen (secondary N) is 1. The zero-order valence-corrected chi connectivity index (χ0v) is 20.0. The lowest BCUT2D eigenvalue weighted by Crippen LogP contribution is -2.13. The molecule has 4 aromatic rings. The summed E-state index contributed by atoms with van der Waals surface area (Å²) in [5.74, 6) is 0.0180. The third kappa shape index (κ3) is 5.58. The number of halogens is 3. The van der Waals surface area contributed by atoms with Crippen LogP contribution in [0.25, 0.3) is 11.5 Å². The van der Waals surface area contributed by atoms with Gasteiger partial charge in [-0.15, -0.1) is 10.2 Å². The first-order valence-electron chi connectivity index (χ1n) is 9.15. The molecule has 32 heavy (non-hydrogen) atoms. The van der Waals surface area contributed by atoms with Crippen LogP contribution in [0.2, 0.25) is 10.0 Å². The normalized spacial score (nSPS) is 11.4. The van der Waals surface area contributed by atoms with Gasteiger partial charge in [-0.25, -0.2) is 0 Å². The Morgan fingerprint density at radius 1 is 1.00 bits per heavy atom. The molecule has 160 valence electrons. The number of carbonyl (C=O) groups is 1. The summed E-state index contributed by atoms with van der Waals surface area (Å²) in [6.07, 6.45) is 0. The largest absolute Gasteiger partial charge is 0.411 e. The van der Waals surface area contributed by atoms with E-state index < -0.39 is 0 Å². The maximum Gasteiger partial charge on any atom is 0.283 e. The van der Waals surface area contributed by atoms with Gasteiger partial charge in [0.15, 0.2) is 5.04 Å². The molecule has 0 aliphatic heterocycles. The van der Waals surface area contributed by atoms with Gasteiger partial charge in [-0.3, -0.25) is 10.2 Å². The van der Waals surface area contributed by atoms with E-state index in [-0.39, 0.29) is 16.0 Å². The van der Waals surface area contributed by atoms with E-state index in [4.69, 9.17) is 27.6 Å². The van der Waals surface area contributed by atoms with Crippen molar-refractivity contribution in [2.45, 2.75) is 5.22 Å². The minimum absolute atomic E-state index is 0.103. The predicted octanol–water partition coefficient (Wildman–Crippen LogP) is 7.21. The lowest BCUT2D eigenvalue weighted by Gasteiger charge is -2.07. The number of ketones is 1. The van der Waals surface area contributed by atoms with E-state index in [1.54, 1.807) is 42.5 Å². The summed E-state index contributed by atoms with van der Waals surface area (Å²) >= 11 is 16.5. The maximum absolute atomic E-state index is 13.1. The summed E-state index contributed by atoms with van der Waals surface area (Å²) in [7, 11) is 0. The van der Waals surface area contributed by atoms with Crippen molar-refractivity contribution in [3.63, 3.8) is 0 Å². The molecule has 1 aromatic heterocycles. The fourth-order valence-corrected chi connectivity index (χ4v) is 4.12. The van der Waals surface area contributed by atoms with E-state index in [1.165, 1.54) is 0 Å². The number of aromatic nitrogens is 2. The number of anilines is 1. The van der Waals surface area contributed by atoms with E-state index in [0.29, 0.717) is 27.2 Å². The summed E-state index contributed by atoms with van der Waals surface area (Å²) in [4.78, 5) is 13.1. The zero-order valence-electron chi connectivity index (χ0n) is 16.1. The average Bonchev–Trinajstić information content (AvgIpc) is 3.26. The van der Waals surface area contributed by atoms with Crippen molar-refractivity contribution in [2.75, 3.05) is 5.43 Å². The second-order valence-electron chi connectivity index (χ2n) is 6.33. The third-order valence-electron chi connectivity index (χ3n) is 4.10. The lowest BCUT2D eigenvalue weighted by molar-refractivity contribution is 0.106. The van der Waals surface area contributed by atoms with Crippen molar-refractivity contribution in [3.05, 3.63) is 92.9 Å². The molecular weight excluding hydrogens is 535 g/mol. The second-order valence-corrected chi connectivity index (χ2v) is 9.03. The number of hydrogen-bond donors (Lipinski definition) is 1. The Kier molecular flexibility index (Phi) is 7.26. The molecule has 3 aromatic carbocycles. The van der Waals surface area contributed by atoms with Gasteiger partial charge in [0.2, 0.25) is 11.7 Å². The maximum atomic E-state index is 13.1. The Morgan fingerprint density at radius 3 is 2.56 bits per heavy atom. The number of hydrogen-bond acceptors (Lipinski definition) is 7. The van der Waals surface area contributed by atoms with Crippen molar-refractivity contribution >= 4 is 67.4 Å². The molecule has 0 aliphatic rings. The van der Waals surface area contributed by atoms with Crippen LogP contribution in [0.15, 0.2) is 92.0 Å². The van der Waals surface area contributed by atoms with Crippen LogP contribution < -0.4 is 5.43 Å². The molecule has 0 bridgehead atoms. The molecule has 10 heteroatoms. The van der Waals surface area contributed by atoms with Gasteiger partial charge in [0.1, 0.15) is 0 Å². The first-order chi connectivity index (χ1) is 15.5. The Bertz CT molecular complexity index is 1300. The van der Waals surface area contributed by atoms with Crippen LogP contribution >= 0.6 is 50.9 Å². The zero-order chi connectivity index (χ0) is 22.5. The molecule has 0 saturated heterocycles. The van der Waals surface area contributed by atoms with Gasteiger partial charge in [0.25, 0.3) is 5.22 Å². The fraction of sp³-hybridized carbons (Fsp3) is 0. The molecule has 0 atom stereocenters. The average molecular weight is 548 g/mol. The first-order valence-corrected chi connectivity index (χ1v) is 11.5. The van der Waals surface area contributed by atoms with E-state index in [9.17, 15) is 4.79 Å². The standard InChI is InChI=1S/C22H13BrCl2N4O2S/c23-15-8-4-7-14(11-15)20-27-29-22(31-20)32-21(19(30)13-5-2-1-3-6-13)28-26-18-10-9-16(24)12-17(18)25/h1-12,26H. The van der Waals surface area contributed by atoms with Crippen molar-refractivity contribution in [1.29, 1.82) is 0 Å². The fourth-order valence-electron chi connectivity index (χ4n) is 2.60. The molecule has 0 amide bonds. The Hall–Kier alpha value is -2.65. The van der Waals surface area contributed by atoms with E-state index >= 15 is 0 Å². The molecule has 0 fully saturated rings. The van der Waals surface area contributed by atoms with Gasteiger partial charge >= 0.3 is 0 Å². The number of Topliss-reactive ketones (excluding diaryl/α,β-unsaturated/α-hetero) is 1. The van der Waals surface area contributed by atoms with Crippen molar-refractivity contribution < 1.29 is 9.21 Å². The molecule has 6 nitrogen and oxygen atoms in total. The topological polar surface area (TPSA) is 80.4 Å². The van der Waals surface area contributed by atoms with Crippen molar-refractivity contribution in [2.24, 2.45) is 5.10 Å². The number of rotatable bonds is 6. The molecule has 0 aliphatic carbocycles. The second kappa shape index (κ2) is 10.3. The van der Waals surface area contributed by atoms with E-state index in [0.717, 1.165) is 21.8 Å². The monoisotopic (exact) mass is 546 g/mol. The molecule has 4 rings (SSSR count). The summed E-state index contributed by atoms with van der Waals surface area (Å²) in [6.45, 7) is 0. The predicted molar refractivity (Wildman–Crippen MR) is 132 cm³/mol. The van der Waals surface area contributed by atoms with Gasteiger partial charge in [-0.05, 0) is 48.2 Å². The molecule has 1 N–H and O–H groups in total. The summed E-state index contributed by atoms with van der Waals surface area (Å²) in [6, 6.07) is 21.2. The van der Waals surface area contributed by atoms with Crippen LogP contribution in [0.4, 0.5) is 5.69 Å². The van der Waals surface area contributed by atoms with Crippen LogP contribution in [-0.2, 0) is 0 Å². The third-order valence-corrected chi connectivity index (χ3v) is 5.95. The lowest BCUT2D eigenvalue weighted by atomic mass is 10.1. The minimum atomic E-state index is -0.310. The quantitative estimate of drug-likeness (QED) is 0.0903. The summed E-state index contributed by atoms with van der Waals surface area (Å²) < 4.78 is 6.63. The smallest absolute Gasteiger partial charge is 0.283 e. The van der Waals surface area contributed by atoms with Crippen LogP contribution in [0.1, 0.15) is 10.4 Å². The van der Waals surface area contributed by atoms with Gasteiger partial charge in [0, 0.05) is 20.6 Å². The highest BCUT2D eigenvalue weighted by Crippen LogP contribution is 2.28. The molecular formula is C22H13BrCl2N4O2S. The number of hydrazone groups is 1. The van der Waals surface area contributed by atoms with Crippen LogP contribution in [-0.4, -0.2) is 21.0 Å². The molecule has 1 heterocycles. The molecule has 0 radical (unpaired) electrons.